The van der Waals surface area contributed by atoms with E-state index >= 15 is 0 Å². The van der Waals surface area contributed by atoms with Crippen LogP contribution in [0, 0.1) is 17.0 Å². The third-order valence-electron chi connectivity index (χ3n) is 2.81. The molecular formula is C13H16N4O2S. The molecule has 2 heterocycles. The molecule has 0 saturated heterocycles. The van der Waals surface area contributed by atoms with Gasteiger partial charge < -0.3 is 10.6 Å². The summed E-state index contributed by atoms with van der Waals surface area (Å²) in [4.78, 5) is 16.0. The van der Waals surface area contributed by atoms with Crippen molar-refractivity contribution in [3.8, 4) is 0 Å². The summed E-state index contributed by atoms with van der Waals surface area (Å²) in [7, 11) is 0. The van der Waals surface area contributed by atoms with E-state index < -0.39 is 4.92 Å². The molecule has 20 heavy (non-hydrogen) atoms. The zero-order chi connectivity index (χ0) is 14.5. The minimum Gasteiger partial charge on any atom is -0.370 e. The van der Waals surface area contributed by atoms with Crippen LogP contribution in [0.15, 0.2) is 23.6 Å². The number of pyridine rings is 1. The molecule has 0 unspecified atom stereocenters. The largest absolute Gasteiger partial charge is 0.370 e. The highest BCUT2D eigenvalue weighted by atomic mass is 32.1. The normalized spacial score (nSPS) is 10.3. The number of rotatable bonds is 6. The monoisotopic (exact) mass is 292 g/mol. The van der Waals surface area contributed by atoms with Crippen LogP contribution >= 0.6 is 11.3 Å². The number of aromatic nitrogens is 1. The van der Waals surface area contributed by atoms with Crippen LogP contribution in [0.25, 0.3) is 0 Å². The van der Waals surface area contributed by atoms with Gasteiger partial charge in [0, 0.05) is 17.5 Å². The number of nitrogens with zero attached hydrogens (tertiary/aromatic N) is 2. The molecule has 7 heteroatoms. The minimum absolute atomic E-state index is 0.0131. The molecule has 2 aromatic heterocycles. The number of anilines is 2. The van der Waals surface area contributed by atoms with Gasteiger partial charge in [-0.15, -0.1) is 11.3 Å². The van der Waals surface area contributed by atoms with Crippen molar-refractivity contribution in [3.05, 3.63) is 44.1 Å². The Morgan fingerprint density at radius 2 is 2.15 bits per heavy atom. The molecule has 6 nitrogen and oxygen atoms in total. The molecule has 0 fully saturated rings. The van der Waals surface area contributed by atoms with E-state index in [2.05, 4.69) is 15.6 Å². The molecule has 0 spiro atoms. The van der Waals surface area contributed by atoms with Crippen LogP contribution in [-0.2, 0) is 6.54 Å². The van der Waals surface area contributed by atoms with Crippen molar-refractivity contribution in [2.45, 2.75) is 20.4 Å². The van der Waals surface area contributed by atoms with Gasteiger partial charge in [0.25, 0.3) is 0 Å². The average Bonchev–Trinajstić information content (AvgIpc) is 2.82. The molecule has 0 atom stereocenters. The van der Waals surface area contributed by atoms with Gasteiger partial charge >= 0.3 is 5.69 Å². The van der Waals surface area contributed by atoms with Gasteiger partial charge in [-0.25, -0.2) is 4.98 Å². The molecule has 0 saturated carbocycles. The lowest BCUT2D eigenvalue weighted by atomic mass is 10.3. The lowest BCUT2D eigenvalue weighted by Gasteiger charge is -2.08. The SMILES string of the molecule is CCNc1ccc([N+](=O)[O-])c(NCc2sccc2C)n1. The van der Waals surface area contributed by atoms with Crippen molar-refractivity contribution >= 4 is 28.7 Å². The lowest BCUT2D eigenvalue weighted by Crippen LogP contribution is -2.07. The number of hydrogen-bond acceptors (Lipinski definition) is 6. The average molecular weight is 292 g/mol. The molecule has 0 aliphatic heterocycles. The van der Waals surface area contributed by atoms with Crippen LogP contribution in [0.3, 0.4) is 0 Å². The van der Waals surface area contributed by atoms with Crippen LogP contribution in [0.5, 0.6) is 0 Å². The van der Waals surface area contributed by atoms with E-state index in [1.807, 2.05) is 25.3 Å². The topological polar surface area (TPSA) is 80.1 Å². The van der Waals surface area contributed by atoms with Crippen molar-refractivity contribution in [2.24, 2.45) is 0 Å². The Labute approximate surface area is 121 Å². The predicted octanol–water partition coefficient (Wildman–Crippen LogP) is 3.40. The first kappa shape index (κ1) is 14.3. The molecule has 2 rings (SSSR count). The van der Waals surface area contributed by atoms with E-state index in [0.717, 1.165) is 4.88 Å². The fraction of sp³-hybridized carbons (Fsp3) is 0.308. The maximum Gasteiger partial charge on any atom is 0.311 e. The second-order valence-electron chi connectivity index (χ2n) is 4.23. The summed E-state index contributed by atoms with van der Waals surface area (Å²) in [5.41, 5.74) is 1.16. The molecule has 0 amide bonds. The summed E-state index contributed by atoms with van der Waals surface area (Å²) < 4.78 is 0. The Morgan fingerprint density at radius 3 is 2.75 bits per heavy atom. The van der Waals surface area contributed by atoms with E-state index in [1.54, 1.807) is 17.4 Å². The Bertz CT molecular complexity index is 612. The summed E-state index contributed by atoms with van der Waals surface area (Å²) >= 11 is 1.62. The second-order valence-corrected chi connectivity index (χ2v) is 5.23. The van der Waals surface area contributed by atoms with Crippen molar-refractivity contribution in [1.29, 1.82) is 0 Å². The zero-order valence-electron chi connectivity index (χ0n) is 11.3. The van der Waals surface area contributed by atoms with Crippen LogP contribution in [0.4, 0.5) is 17.3 Å². The summed E-state index contributed by atoms with van der Waals surface area (Å²) in [5.74, 6) is 0.921. The molecule has 0 aliphatic rings. The third-order valence-corrected chi connectivity index (χ3v) is 3.84. The second kappa shape index (κ2) is 6.33. The maximum atomic E-state index is 11.0. The van der Waals surface area contributed by atoms with Gasteiger partial charge in [-0.2, -0.15) is 0 Å². The lowest BCUT2D eigenvalue weighted by molar-refractivity contribution is -0.384. The fourth-order valence-electron chi connectivity index (χ4n) is 1.76. The van der Waals surface area contributed by atoms with Crippen LogP contribution in [0.2, 0.25) is 0 Å². The van der Waals surface area contributed by atoms with Crippen molar-refractivity contribution in [1.82, 2.24) is 4.98 Å². The van der Waals surface area contributed by atoms with Crippen molar-refractivity contribution in [2.75, 3.05) is 17.2 Å². The van der Waals surface area contributed by atoms with Gasteiger partial charge in [0.1, 0.15) is 5.82 Å². The van der Waals surface area contributed by atoms with Crippen LogP contribution in [-0.4, -0.2) is 16.5 Å². The highest BCUT2D eigenvalue weighted by molar-refractivity contribution is 7.10. The molecule has 0 aliphatic carbocycles. The molecular weight excluding hydrogens is 276 g/mol. The zero-order valence-corrected chi connectivity index (χ0v) is 12.2. The Kier molecular flexibility index (Phi) is 4.52. The van der Waals surface area contributed by atoms with Crippen LogP contribution in [0.1, 0.15) is 17.4 Å². The first-order valence-corrected chi connectivity index (χ1v) is 7.16. The molecule has 0 bridgehead atoms. The summed E-state index contributed by atoms with van der Waals surface area (Å²) in [6.07, 6.45) is 0. The van der Waals surface area contributed by atoms with Crippen LogP contribution < -0.4 is 10.6 Å². The van der Waals surface area contributed by atoms with Gasteiger partial charge in [-0.1, -0.05) is 0 Å². The maximum absolute atomic E-state index is 11.0. The predicted molar refractivity (Wildman–Crippen MR) is 81.4 cm³/mol. The van der Waals surface area contributed by atoms with Crippen molar-refractivity contribution in [3.63, 3.8) is 0 Å². The third kappa shape index (κ3) is 3.24. The number of nitrogens with one attached hydrogen (secondary N) is 2. The number of hydrogen-bond donors (Lipinski definition) is 2. The van der Waals surface area contributed by atoms with Gasteiger partial charge in [0.15, 0.2) is 0 Å². The minimum atomic E-state index is -0.424. The van der Waals surface area contributed by atoms with E-state index in [1.165, 1.54) is 11.6 Å². The highest BCUT2D eigenvalue weighted by Crippen LogP contribution is 2.25. The van der Waals surface area contributed by atoms with Gasteiger partial charge in [-0.3, -0.25) is 10.1 Å². The van der Waals surface area contributed by atoms with E-state index in [-0.39, 0.29) is 5.69 Å². The van der Waals surface area contributed by atoms with E-state index in [4.69, 9.17) is 0 Å². The molecule has 106 valence electrons. The first-order valence-electron chi connectivity index (χ1n) is 6.28. The Balaban J connectivity index is 2.21. The van der Waals surface area contributed by atoms with E-state index in [0.29, 0.717) is 24.7 Å². The van der Waals surface area contributed by atoms with E-state index in [9.17, 15) is 10.1 Å². The van der Waals surface area contributed by atoms with Gasteiger partial charge in [0.05, 0.1) is 11.5 Å². The van der Waals surface area contributed by atoms with Crippen molar-refractivity contribution < 1.29 is 4.92 Å². The molecule has 0 aromatic carbocycles. The standard InChI is InChI=1S/C13H16N4O2S/c1-3-14-12-5-4-10(17(18)19)13(16-12)15-8-11-9(2)6-7-20-11/h4-7H,3,8H2,1-2H3,(H2,14,15,16). The Hall–Kier alpha value is -2.15. The summed E-state index contributed by atoms with van der Waals surface area (Å²) in [5, 5.41) is 19.1. The number of nitro groups is 1. The molecule has 2 N–H and O–H groups in total. The summed E-state index contributed by atoms with van der Waals surface area (Å²) in [6, 6.07) is 5.11. The first-order chi connectivity index (χ1) is 9.61. The number of thiophene rings is 1. The fourth-order valence-corrected chi connectivity index (χ4v) is 2.60. The quantitative estimate of drug-likeness (QED) is 0.630. The van der Waals surface area contributed by atoms with Gasteiger partial charge in [-0.05, 0) is 36.9 Å². The highest BCUT2D eigenvalue weighted by Gasteiger charge is 2.16. The molecule has 0 radical (unpaired) electrons. The van der Waals surface area contributed by atoms with Gasteiger partial charge in [0.2, 0.25) is 5.82 Å². The Morgan fingerprint density at radius 1 is 1.35 bits per heavy atom. The molecule has 2 aromatic rings. The summed E-state index contributed by atoms with van der Waals surface area (Å²) in [6.45, 7) is 5.22. The smallest absolute Gasteiger partial charge is 0.311 e. The number of aryl methyl sites for hydroxylation is 1.